The second-order valence-electron chi connectivity index (χ2n) is 1.66. The third-order valence-electron chi connectivity index (χ3n) is 0.835. The maximum Gasteiger partial charge on any atom is 0.0431 e. The largest absolute Gasteiger partial charge is 0.396 e. The summed E-state index contributed by atoms with van der Waals surface area (Å²) in [4.78, 5) is 0. The quantitative estimate of drug-likeness (QED) is 0.565. The van der Waals surface area contributed by atoms with Crippen LogP contribution in [0.15, 0.2) is 0 Å². The second-order valence-corrected chi connectivity index (χ2v) is 1.66. The van der Waals surface area contributed by atoms with E-state index in [2.05, 4.69) is 0 Å². The van der Waals surface area contributed by atoms with E-state index < -0.39 is 19.6 Å². The fourth-order valence-corrected chi connectivity index (χ4v) is 0.414. The molecule has 0 aliphatic rings. The number of hydrogen-bond donors (Lipinski definition) is 1. The number of aliphatic hydroxyl groups excluding tert-OH is 1. The van der Waals surface area contributed by atoms with Gasteiger partial charge in [0.25, 0.3) is 0 Å². The third-order valence-corrected chi connectivity index (χ3v) is 0.835. The van der Waals surface area contributed by atoms with E-state index in [1.807, 2.05) is 0 Å². The molecule has 0 heterocycles. The lowest BCUT2D eigenvalue weighted by Gasteiger charge is -2.00. The first-order valence-corrected chi connectivity index (χ1v) is 2.67. The Bertz CT molecular complexity index is 180. The minimum atomic E-state index is -2.84. The molecule has 0 rings (SSSR count). The molecular formula is C7H16O. The van der Waals surface area contributed by atoms with Gasteiger partial charge in [-0.25, -0.2) is 0 Å². The van der Waals surface area contributed by atoms with E-state index in [0.717, 1.165) is 0 Å². The van der Waals surface area contributed by atoms with Gasteiger partial charge in [-0.15, -0.1) is 0 Å². The Morgan fingerprint density at radius 1 is 1.62 bits per heavy atom. The van der Waals surface area contributed by atoms with Crippen LogP contribution in [0.5, 0.6) is 0 Å². The molecule has 1 heteroatoms. The highest BCUT2D eigenvalue weighted by atomic mass is 16.2. The summed E-state index contributed by atoms with van der Waals surface area (Å²) in [5.74, 6) is -2.44. The van der Waals surface area contributed by atoms with Crippen molar-refractivity contribution < 1.29 is 14.7 Å². The maximum absolute atomic E-state index is 8.53. The van der Waals surface area contributed by atoms with Gasteiger partial charge in [0.15, 0.2) is 0 Å². The van der Waals surface area contributed by atoms with E-state index in [-0.39, 0.29) is 19.4 Å². The van der Waals surface area contributed by atoms with Gasteiger partial charge in [0.1, 0.15) is 0 Å². The summed E-state index contributed by atoms with van der Waals surface area (Å²) in [6.45, 7) is -5.81. The highest BCUT2D eigenvalue weighted by Crippen LogP contribution is 2.04. The first kappa shape index (κ1) is 1.98. The van der Waals surface area contributed by atoms with Gasteiger partial charge in [0, 0.05) is 16.2 Å². The van der Waals surface area contributed by atoms with Crippen LogP contribution in [-0.2, 0) is 0 Å². The Labute approximate surface area is 61.6 Å². The standard InChI is InChI=1S/C7H16O/c1-7(2)5-3-4-6-8/h7-8H,3-6H2,1-2H3/i1D3,2D3,7D. The number of unbranched alkanes of at least 4 members (excludes halogenated alkanes) is 1. The second kappa shape index (κ2) is 5.10. The van der Waals surface area contributed by atoms with Crippen molar-refractivity contribution >= 4 is 0 Å². The molecule has 0 aromatic heterocycles. The van der Waals surface area contributed by atoms with Gasteiger partial charge in [0.2, 0.25) is 0 Å². The van der Waals surface area contributed by atoms with Crippen LogP contribution in [0.4, 0.5) is 0 Å². The monoisotopic (exact) mass is 123 g/mol. The molecule has 1 nitrogen and oxygen atoms in total. The summed E-state index contributed by atoms with van der Waals surface area (Å²) in [5, 5.41) is 8.53. The van der Waals surface area contributed by atoms with Crippen molar-refractivity contribution in [1.82, 2.24) is 0 Å². The Balaban J connectivity index is 4.74. The van der Waals surface area contributed by atoms with E-state index in [1.54, 1.807) is 0 Å². The summed E-state index contributed by atoms with van der Waals surface area (Å²) in [6.07, 6.45) is 0.268. The first-order chi connectivity index (χ1) is 6.56. The molecule has 8 heavy (non-hydrogen) atoms. The molecule has 0 saturated heterocycles. The molecule has 0 saturated carbocycles. The van der Waals surface area contributed by atoms with Crippen LogP contribution in [0.2, 0.25) is 0 Å². The summed E-state index contributed by atoms with van der Waals surface area (Å²) in [5.41, 5.74) is 0. The Morgan fingerprint density at radius 3 is 2.88 bits per heavy atom. The van der Waals surface area contributed by atoms with Gasteiger partial charge >= 0.3 is 0 Å². The SMILES string of the molecule is [2H]C([2H])([2H])C([2H])(CCCCO)C([2H])([2H])[2H]. The van der Waals surface area contributed by atoms with Gasteiger partial charge in [-0.1, -0.05) is 26.5 Å². The van der Waals surface area contributed by atoms with E-state index in [9.17, 15) is 0 Å². The topological polar surface area (TPSA) is 20.2 Å². The molecule has 0 radical (unpaired) electrons. The maximum atomic E-state index is 8.53. The van der Waals surface area contributed by atoms with Crippen molar-refractivity contribution in [2.45, 2.75) is 33.0 Å². The summed E-state index contributed by atoms with van der Waals surface area (Å²) >= 11 is 0. The minimum Gasteiger partial charge on any atom is -0.396 e. The molecule has 1 N–H and O–H groups in total. The van der Waals surface area contributed by atoms with Gasteiger partial charge in [-0.05, 0) is 12.3 Å². The fourth-order valence-electron chi connectivity index (χ4n) is 0.414. The average Bonchev–Trinajstić information content (AvgIpc) is 2.00. The number of aliphatic hydroxyl groups is 1. The summed E-state index contributed by atoms with van der Waals surface area (Å²) in [7, 11) is 0. The molecule has 0 atom stereocenters. The van der Waals surface area contributed by atoms with Gasteiger partial charge in [-0.2, -0.15) is 0 Å². The molecule has 0 aromatic rings. The lowest BCUT2D eigenvalue weighted by molar-refractivity contribution is 0.280. The third kappa shape index (κ3) is 5.96. The zero-order chi connectivity index (χ0) is 12.3. The fraction of sp³-hybridized carbons (Fsp3) is 1.00. The summed E-state index contributed by atoms with van der Waals surface area (Å²) < 4.78 is 50.2. The Kier molecular flexibility index (Phi) is 1.26. The van der Waals surface area contributed by atoms with Crippen molar-refractivity contribution in [2.24, 2.45) is 5.89 Å². The lowest BCUT2D eigenvalue weighted by atomic mass is 10.1. The number of hydrogen-bond acceptors (Lipinski definition) is 1. The molecule has 0 aliphatic carbocycles. The molecule has 0 fully saturated rings. The Hall–Kier alpha value is -0.0400. The van der Waals surface area contributed by atoms with E-state index >= 15 is 0 Å². The van der Waals surface area contributed by atoms with Gasteiger partial charge in [0.05, 0.1) is 0 Å². The smallest absolute Gasteiger partial charge is 0.0431 e. The van der Waals surface area contributed by atoms with Crippen LogP contribution >= 0.6 is 0 Å². The van der Waals surface area contributed by atoms with Crippen LogP contribution in [0.3, 0.4) is 0 Å². The zero-order valence-electron chi connectivity index (χ0n) is 11.8. The lowest BCUT2D eigenvalue weighted by Crippen LogP contribution is -1.88. The van der Waals surface area contributed by atoms with Crippen LogP contribution in [-0.4, -0.2) is 11.7 Å². The molecule has 0 amide bonds. The van der Waals surface area contributed by atoms with Crippen LogP contribution in [0.25, 0.3) is 0 Å². The molecule has 0 unspecified atom stereocenters. The van der Waals surface area contributed by atoms with Crippen molar-refractivity contribution in [1.29, 1.82) is 0 Å². The predicted octanol–water partition coefficient (Wildman–Crippen LogP) is 1.81. The normalized spacial score (nSPS) is 27.9. The van der Waals surface area contributed by atoms with Crippen molar-refractivity contribution in [3.63, 3.8) is 0 Å². The van der Waals surface area contributed by atoms with Gasteiger partial charge < -0.3 is 5.11 Å². The molecule has 0 spiro atoms. The predicted molar refractivity (Wildman–Crippen MR) is 35.8 cm³/mol. The summed E-state index contributed by atoms with van der Waals surface area (Å²) in [6, 6.07) is 0. The van der Waals surface area contributed by atoms with Crippen LogP contribution in [0, 0.1) is 5.89 Å². The van der Waals surface area contributed by atoms with Crippen molar-refractivity contribution in [3.8, 4) is 0 Å². The van der Waals surface area contributed by atoms with Crippen molar-refractivity contribution in [2.75, 3.05) is 6.61 Å². The number of rotatable bonds is 4. The van der Waals surface area contributed by atoms with E-state index in [4.69, 9.17) is 14.7 Å². The van der Waals surface area contributed by atoms with Crippen molar-refractivity contribution in [3.05, 3.63) is 0 Å². The molecule has 0 aromatic carbocycles. The van der Waals surface area contributed by atoms with E-state index in [0.29, 0.717) is 6.42 Å². The highest BCUT2D eigenvalue weighted by Gasteiger charge is 1.91. The average molecular weight is 123 g/mol. The molecular weight excluding hydrogens is 100 g/mol. The minimum absolute atomic E-state index is 0.127. The van der Waals surface area contributed by atoms with Crippen LogP contribution in [0.1, 0.15) is 42.6 Å². The zero-order valence-corrected chi connectivity index (χ0v) is 4.78. The highest BCUT2D eigenvalue weighted by molar-refractivity contribution is 4.44. The molecule has 0 aliphatic heterocycles. The van der Waals surface area contributed by atoms with Gasteiger partial charge in [-0.3, -0.25) is 0 Å². The first-order valence-electron chi connectivity index (χ1n) is 6.17. The molecule has 0 bridgehead atoms. The Morgan fingerprint density at radius 2 is 2.38 bits per heavy atom. The molecule has 50 valence electrons. The van der Waals surface area contributed by atoms with Crippen LogP contribution < -0.4 is 0 Å². The van der Waals surface area contributed by atoms with E-state index in [1.165, 1.54) is 0 Å².